The van der Waals surface area contributed by atoms with Crippen LogP contribution in [0.2, 0.25) is 0 Å². The second-order valence-electron chi connectivity index (χ2n) is 12.6. The zero-order chi connectivity index (χ0) is 29.6. The predicted molar refractivity (Wildman–Crippen MR) is 151 cm³/mol. The Morgan fingerprint density at radius 2 is 1.34 bits per heavy atom. The Morgan fingerprint density at radius 1 is 0.780 bits per heavy atom. The van der Waals surface area contributed by atoms with Gasteiger partial charge < -0.3 is 4.74 Å². The molecule has 2 saturated carbocycles. The Bertz CT molecular complexity index is 1090. The zero-order valence-electron chi connectivity index (χ0n) is 24.3. The fraction of sp³-hybridized carbons (Fsp3) is 0.647. The van der Waals surface area contributed by atoms with Crippen molar-refractivity contribution in [2.45, 2.75) is 116 Å². The van der Waals surface area contributed by atoms with Crippen LogP contribution in [-0.2, 0) is 0 Å². The van der Waals surface area contributed by atoms with Crippen LogP contribution >= 0.6 is 0 Å². The van der Waals surface area contributed by atoms with Crippen molar-refractivity contribution in [3.8, 4) is 16.9 Å². The van der Waals surface area contributed by atoms with Crippen molar-refractivity contribution in [1.82, 2.24) is 0 Å². The Kier molecular flexibility index (Phi) is 11.1. The van der Waals surface area contributed by atoms with E-state index in [1.807, 2.05) is 0 Å². The second kappa shape index (κ2) is 14.3. The predicted octanol–water partition coefficient (Wildman–Crippen LogP) is 11.7. The number of benzene rings is 2. The highest BCUT2D eigenvalue weighted by Gasteiger charge is 2.33. The first-order chi connectivity index (χ1) is 19.5. The van der Waals surface area contributed by atoms with Gasteiger partial charge in [0.2, 0.25) is 0 Å². The maximum atomic E-state index is 15.0. The molecule has 0 radical (unpaired) electrons. The summed E-state index contributed by atoms with van der Waals surface area (Å²) in [5, 5.41) is 0. The van der Waals surface area contributed by atoms with E-state index in [1.165, 1.54) is 76.3 Å². The van der Waals surface area contributed by atoms with Crippen LogP contribution < -0.4 is 4.74 Å². The molecule has 2 aromatic carbocycles. The normalized spacial score (nSPS) is 24.3. The summed E-state index contributed by atoms with van der Waals surface area (Å²) in [6, 6.07) is 4.99. The summed E-state index contributed by atoms with van der Waals surface area (Å²) >= 11 is 0. The van der Waals surface area contributed by atoms with E-state index in [0.717, 1.165) is 55.6 Å². The van der Waals surface area contributed by atoms with E-state index in [1.54, 1.807) is 0 Å². The first kappa shape index (κ1) is 31.7. The van der Waals surface area contributed by atoms with E-state index >= 15 is 8.78 Å². The summed E-state index contributed by atoms with van der Waals surface area (Å²) in [6.45, 7) is 4.71. The molecule has 0 amide bonds. The van der Waals surface area contributed by atoms with Crippen molar-refractivity contribution in [3.05, 3.63) is 53.3 Å². The highest BCUT2D eigenvalue weighted by Crippen LogP contribution is 2.41. The summed E-state index contributed by atoms with van der Waals surface area (Å²) in [5.74, 6) is -0.670. The average Bonchev–Trinajstić information content (AvgIpc) is 2.92. The van der Waals surface area contributed by atoms with Crippen LogP contribution in [0, 0.1) is 41.1 Å². The largest absolute Gasteiger partial charge is 0.573 e. The van der Waals surface area contributed by atoms with Gasteiger partial charge in [-0.05, 0) is 104 Å². The summed E-state index contributed by atoms with van der Waals surface area (Å²) < 4.78 is 85.0. The van der Waals surface area contributed by atoms with Crippen molar-refractivity contribution >= 4 is 0 Å². The Morgan fingerprint density at radius 3 is 1.85 bits per heavy atom. The van der Waals surface area contributed by atoms with Gasteiger partial charge in [0.15, 0.2) is 11.6 Å². The molecule has 7 heteroatoms. The smallest absolute Gasteiger partial charge is 0.403 e. The molecule has 1 atom stereocenters. The first-order valence-electron chi connectivity index (χ1n) is 15.6. The van der Waals surface area contributed by atoms with Gasteiger partial charge >= 0.3 is 6.36 Å². The summed E-state index contributed by atoms with van der Waals surface area (Å²) in [4.78, 5) is 0. The summed E-state index contributed by atoms with van der Waals surface area (Å²) in [5.41, 5.74) is -0.0474. The lowest BCUT2D eigenvalue weighted by atomic mass is 9.73. The molecule has 2 aliphatic rings. The summed E-state index contributed by atoms with van der Waals surface area (Å²) in [6.07, 6.45) is 12.1. The van der Waals surface area contributed by atoms with E-state index in [-0.39, 0.29) is 11.5 Å². The molecule has 2 aliphatic carbocycles. The van der Waals surface area contributed by atoms with Gasteiger partial charge in [-0.3, -0.25) is 0 Å². The molecule has 0 heterocycles. The standard InChI is InChI=1S/C34H44F6O/c1-3-6-22(2)25-13-9-23(10-14-25)7-4-5-8-24-11-15-26(16-12-24)28-20-30(36)33(31(37)21-28)27-17-18-32(29(35)19-27)41-34(38,39)40/h17-26H,3-16H2,1-2H3. The number of alkyl halides is 3. The number of ether oxygens (including phenoxy) is 1. The minimum atomic E-state index is -5.06. The van der Waals surface area contributed by atoms with Crippen LogP contribution in [-0.4, -0.2) is 6.36 Å². The van der Waals surface area contributed by atoms with Crippen molar-refractivity contribution in [2.24, 2.45) is 23.7 Å². The minimum absolute atomic E-state index is 0.0638. The van der Waals surface area contributed by atoms with Crippen molar-refractivity contribution in [1.29, 1.82) is 0 Å². The molecule has 0 aromatic heterocycles. The monoisotopic (exact) mass is 582 g/mol. The fourth-order valence-corrected chi connectivity index (χ4v) is 7.36. The third kappa shape index (κ3) is 8.90. The lowest BCUT2D eigenvalue weighted by Crippen LogP contribution is -2.20. The van der Waals surface area contributed by atoms with E-state index in [0.29, 0.717) is 17.5 Å². The number of hydrogen-bond donors (Lipinski definition) is 0. The highest BCUT2D eigenvalue weighted by atomic mass is 19.4. The van der Waals surface area contributed by atoms with E-state index in [9.17, 15) is 17.6 Å². The Labute approximate surface area is 241 Å². The zero-order valence-corrected chi connectivity index (χ0v) is 24.3. The van der Waals surface area contributed by atoms with Gasteiger partial charge in [-0.1, -0.05) is 71.3 Å². The molecular weight excluding hydrogens is 538 g/mol. The first-order valence-corrected chi connectivity index (χ1v) is 15.6. The molecule has 2 fully saturated rings. The third-order valence-corrected chi connectivity index (χ3v) is 9.74. The molecule has 2 aromatic rings. The molecule has 0 bridgehead atoms. The molecule has 1 nitrogen and oxygen atoms in total. The third-order valence-electron chi connectivity index (χ3n) is 9.74. The molecular formula is C34H44F6O. The quantitative estimate of drug-likeness (QED) is 0.189. The van der Waals surface area contributed by atoms with Crippen LogP contribution in [0.25, 0.3) is 11.1 Å². The van der Waals surface area contributed by atoms with E-state index < -0.39 is 35.1 Å². The molecule has 0 aliphatic heterocycles. The van der Waals surface area contributed by atoms with Crippen LogP contribution in [0.15, 0.2) is 30.3 Å². The second-order valence-corrected chi connectivity index (χ2v) is 12.6. The van der Waals surface area contributed by atoms with Gasteiger partial charge in [0.05, 0.1) is 5.56 Å². The molecule has 0 spiro atoms. The van der Waals surface area contributed by atoms with Crippen LogP contribution in [0.4, 0.5) is 26.3 Å². The summed E-state index contributed by atoms with van der Waals surface area (Å²) in [7, 11) is 0. The van der Waals surface area contributed by atoms with Gasteiger partial charge in [0.25, 0.3) is 0 Å². The molecule has 4 rings (SSSR count). The number of halogens is 6. The number of unbranched alkanes of at least 4 members (excludes halogenated alkanes) is 1. The Balaban J connectivity index is 1.22. The molecule has 228 valence electrons. The number of hydrogen-bond acceptors (Lipinski definition) is 1. The van der Waals surface area contributed by atoms with Crippen LogP contribution in [0.3, 0.4) is 0 Å². The van der Waals surface area contributed by atoms with Gasteiger partial charge in [0, 0.05) is 0 Å². The number of rotatable bonds is 11. The topological polar surface area (TPSA) is 9.23 Å². The SMILES string of the molecule is CCCC(C)C1CCC(CCCCC2CCC(c3cc(F)c(-c4ccc(OC(F)(F)F)c(F)c4)c(F)c3)CC2)CC1. The molecule has 1 unspecified atom stereocenters. The molecule has 41 heavy (non-hydrogen) atoms. The van der Waals surface area contributed by atoms with E-state index in [2.05, 4.69) is 18.6 Å². The van der Waals surface area contributed by atoms with Gasteiger partial charge in [-0.25, -0.2) is 13.2 Å². The van der Waals surface area contributed by atoms with Gasteiger partial charge in [-0.15, -0.1) is 13.2 Å². The van der Waals surface area contributed by atoms with Crippen molar-refractivity contribution in [3.63, 3.8) is 0 Å². The van der Waals surface area contributed by atoms with Crippen LogP contribution in [0.5, 0.6) is 5.75 Å². The Hall–Kier alpha value is -2.18. The molecule has 0 N–H and O–H groups in total. The fourth-order valence-electron chi connectivity index (χ4n) is 7.36. The lowest BCUT2D eigenvalue weighted by Gasteiger charge is -2.32. The average molecular weight is 583 g/mol. The van der Waals surface area contributed by atoms with Crippen LogP contribution in [0.1, 0.15) is 115 Å². The maximum Gasteiger partial charge on any atom is 0.573 e. The van der Waals surface area contributed by atoms with Gasteiger partial charge in [0.1, 0.15) is 11.6 Å². The van der Waals surface area contributed by atoms with Crippen molar-refractivity contribution < 1.29 is 31.1 Å². The lowest BCUT2D eigenvalue weighted by molar-refractivity contribution is -0.275. The van der Waals surface area contributed by atoms with Gasteiger partial charge in [-0.2, -0.15) is 0 Å². The molecule has 0 saturated heterocycles. The van der Waals surface area contributed by atoms with Crippen molar-refractivity contribution in [2.75, 3.05) is 0 Å². The minimum Gasteiger partial charge on any atom is -0.403 e. The maximum absolute atomic E-state index is 15.0. The van der Waals surface area contributed by atoms with E-state index in [4.69, 9.17) is 0 Å². The highest BCUT2D eigenvalue weighted by molar-refractivity contribution is 5.66.